The van der Waals surface area contributed by atoms with Crippen molar-refractivity contribution in [3.05, 3.63) is 0 Å². The fourth-order valence-electron chi connectivity index (χ4n) is 3.53. The summed E-state index contributed by atoms with van der Waals surface area (Å²) in [6.07, 6.45) is 6.97. The van der Waals surface area contributed by atoms with Crippen molar-refractivity contribution in [1.82, 2.24) is 15.5 Å². The zero-order valence-electron chi connectivity index (χ0n) is 14.9. The van der Waals surface area contributed by atoms with E-state index in [0.29, 0.717) is 11.6 Å². The molecule has 2 aliphatic carbocycles. The Balaban J connectivity index is 1.66. The SMILES string of the molecule is CN(C)C1(CNC2CC(NC(=O)OC(C)(C)C)C2)CCCC1. The van der Waals surface area contributed by atoms with Crippen molar-refractivity contribution in [3.8, 4) is 0 Å². The van der Waals surface area contributed by atoms with Crippen molar-refractivity contribution in [2.45, 2.75) is 82.5 Å². The van der Waals surface area contributed by atoms with Crippen LogP contribution < -0.4 is 10.6 Å². The Labute approximate surface area is 135 Å². The van der Waals surface area contributed by atoms with Crippen molar-refractivity contribution < 1.29 is 9.53 Å². The molecule has 2 saturated carbocycles. The van der Waals surface area contributed by atoms with Gasteiger partial charge in [0.25, 0.3) is 0 Å². The number of nitrogens with one attached hydrogen (secondary N) is 2. The molecule has 0 unspecified atom stereocenters. The van der Waals surface area contributed by atoms with Gasteiger partial charge in [-0.1, -0.05) is 12.8 Å². The van der Waals surface area contributed by atoms with Gasteiger partial charge in [-0.3, -0.25) is 0 Å². The average Bonchev–Trinajstić information content (AvgIpc) is 2.79. The number of hydrogen-bond acceptors (Lipinski definition) is 4. The summed E-state index contributed by atoms with van der Waals surface area (Å²) in [5.41, 5.74) is -0.0876. The molecule has 0 bridgehead atoms. The van der Waals surface area contributed by atoms with Crippen molar-refractivity contribution in [2.24, 2.45) is 0 Å². The molecule has 0 atom stereocenters. The number of carbonyl (C=O) groups excluding carboxylic acids is 1. The normalized spacial score (nSPS) is 27.5. The number of amides is 1. The van der Waals surface area contributed by atoms with Gasteiger partial charge in [0.1, 0.15) is 5.60 Å². The smallest absolute Gasteiger partial charge is 0.407 e. The first-order valence-electron chi connectivity index (χ1n) is 8.60. The molecular weight excluding hydrogens is 278 g/mol. The third-order valence-electron chi connectivity index (χ3n) is 5.06. The molecule has 2 aliphatic rings. The Morgan fingerprint density at radius 3 is 2.27 bits per heavy atom. The van der Waals surface area contributed by atoms with Gasteiger partial charge < -0.3 is 20.3 Å². The Morgan fingerprint density at radius 2 is 1.77 bits per heavy atom. The summed E-state index contributed by atoms with van der Waals surface area (Å²) < 4.78 is 5.29. The van der Waals surface area contributed by atoms with Gasteiger partial charge in [-0.05, 0) is 60.5 Å². The van der Waals surface area contributed by atoms with E-state index < -0.39 is 5.60 Å². The van der Waals surface area contributed by atoms with E-state index in [4.69, 9.17) is 4.74 Å². The highest BCUT2D eigenvalue weighted by Gasteiger charge is 2.38. The number of nitrogens with zero attached hydrogens (tertiary/aromatic N) is 1. The van der Waals surface area contributed by atoms with Crippen LogP contribution in [0.1, 0.15) is 59.3 Å². The fourth-order valence-corrected chi connectivity index (χ4v) is 3.53. The Morgan fingerprint density at radius 1 is 1.18 bits per heavy atom. The van der Waals surface area contributed by atoms with E-state index in [1.807, 2.05) is 20.8 Å². The summed E-state index contributed by atoms with van der Waals surface area (Å²) in [6, 6.07) is 0.781. The van der Waals surface area contributed by atoms with Crippen molar-refractivity contribution in [2.75, 3.05) is 20.6 Å². The van der Waals surface area contributed by atoms with Crippen LogP contribution in [0.5, 0.6) is 0 Å². The van der Waals surface area contributed by atoms with Gasteiger partial charge >= 0.3 is 6.09 Å². The molecule has 128 valence electrons. The molecule has 0 saturated heterocycles. The lowest BCUT2D eigenvalue weighted by molar-refractivity contribution is 0.0459. The lowest BCUT2D eigenvalue weighted by Crippen LogP contribution is -2.57. The zero-order valence-corrected chi connectivity index (χ0v) is 14.9. The number of hydrogen-bond donors (Lipinski definition) is 2. The summed E-state index contributed by atoms with van der Waals surface area (Å²) in [4.78, 5) is 14.1. The maximum Gasteiger partial charge on any atom is 0.407 e. The first kappa shape index (κ1) is 17.5. The van der Waals surface area contributed by atoms with E-state index in [9.17, 15) is 4.79 Å². The third kappa shape index (κ3) is 4.59. The van der Waals surface area contributed by atoms with E-state index >= 15 is 0 Å². The molecule has 1 amide bonds. The Bertz CT molecular complexity index is 378. The van der Waals surface area contributed by atoms with Gasteiger partial charge in [0.2, 0.25) is 0 Å². The Kier molecular flexibility index (Phi) is 5.38. The van der Waals surface area contributed by atoms with E-state index in [-0.39, 0.29) is 12.1 Å². The lowest BCUT2D eigenvalue weighted by Gasteiger charge is -2.42. The molecule has 0 aromatic carbocycles. The van der Waals surface area contributed by atoms with Crippen LogP contribution in [0.25, 0.3) is 0 Å². The summed E-state index contributed by atoms with van der Waals surface area (Å²) in [5, 5.41) is 6.65. The lowest BCUT2D eigenvalue weighted by atomic mass is 9.85. The Hall–Kier alpha value is -0.810. The quantitative estimate of drug-likeness (QED) is 0.819. The highest BCUT2D eigenvalue weighted by Crippen LogP contribution is 2.34. The summed E-state index contributed by atoms with van der Waals surface area (Å²) in [5.74, 6) is 0. The molecule has 5 nitrogen and oxygen atoms in total. The first-order chi connectivity index (χ1) is 10.2. The van der Waals surface area contributed by atoms with Gasteiger partial charge in [0.15, 0.2) is 0 Å². The van der Waals surface area contributed by atoms with Gasteiger partial charge in [-0.2, -0.15) is 0 Å². The first-order valence-corrected chi connectivity index (χ1v) is 8.60. The number of likely N-dealkylation sites (N-methyl/N-ethyl adjacent to an activating group) is 1. The van der Waals surface area contributed by atoms with Crippen molar-refractivity contribution in [3.63, 3.8) is 0 Å². The van der Waals surface area contributed by atoms with Crippen LogP contribution in [-0.2, 0) is 4.74 Å². The molecule has 2 rings (SSSR count). The molecule has 0 aromatic rings. The standard InChI is InChI=1S/C17H33N3O2/c1-16(2,3)22-15(21)19-14-10-13(11-14)18-12-17(20(4)5)8-6-7-9-17/h13-14,18H,6-12H2,1-5H3,(H,19,21). The van der Waals surface area contributed by atoms with E-state index in [1.165, 1.54) is 25.7 Å². The topological polar surface area (TPSA) is 53.6 Å². The third-order valence-corrected chi connectivity index (χ3v) is 5.06. The molecule has 5 heteroatoms. The van der Waals surface area contributed by atoms with Gasteiger partial charge in [-0.15, -0.1) is 0 Å². The molecular formula is C17H33N3O2. The minimum Gasteiger partial charge on any atom is -0.444 e. The van der Waals surface area contributed by atoms with Crippen LogP contribution in [0.15, 0.2) is 0 Å². The molecule has 0 aromatic heterocycles. The number of rotatable bonds is 5. The van der Waals surface area contributed by atoms with E-state index in [2.05, 4.69) is 29.6 Å². The molecule has 0 radical (unpaired) electrons. The second-order valence-corrected chi connectivity index (χ2v) is 8.22. The van der Waals surface area contributed by atoms with Crippen LogP contribution in [0.4, 0.5) is 4.79 Å². The van der Waals surface area contributed by atoms with Crippen molar-refractivity contribution in [1.29, 1.82) is 0 Å². The minimum absolute atomic E-state index is 0.256. The van der Waals surface area contributed by atoms with Crippen LogP contribution in [0.3, 0.4) is 0 Å². The van der Waals surface area contributed by atoms with Gasteiger partial charge in [0, 0.05) is 24.2 Å². The number of ether oxygens (including phenoxy) is 1. The average molecular weight is 311 g/mol. The zero-order chi connectivity index (χ0) is 16.4. The summed E-state index contributed by atoms with van der Waals surface area (Å²) >= 11 is 0. The van der Waals surface area contributed by atoms with Gasteiger partial charge in [-0.25, -0.2) is 4.79 Å². The molecule has 2 fully saturated rings. The predicted molar refractivity (Wildman–Crippen MR) is 89.1 cm³/mol. The molecule has 0 spiro atoms. The summed E-state index contributed by atoms with van der Waals surface area (Å²) in [7, 11) is 4.39. The maximum atomic E-state index is 11.7. The highest BCUT2D eigenvalue weighted by atomic mass is 16.6. The molecule has 0 aliphatic heterocycles. The van der Waals surface area contributed by atoms with Crippen LogP contribution in [0, 0.1) is 0 Å². The minimum atomic E-state index is -0.425. The molecule has 2 N–H and O–H groups in total. The molecule has 22 heavy (non-hydrogen) atoms. The highest BCUT2D eigenvalue weighted by molar-refractivity contribution is 5.68. The van der Waals surface area contributed by atoms with Gasteiger partial charge in [0.05, 0.1) is 0 Å². The second kappa shape index (κ2) is 6.75. The van der Waals surface area contributed by atoms with Crippen LogP contribution >= 0.6 is 0 Å². The fraction of sp³-hybridized carbons (Fsp3) is 0.941. The summed E-state index contributed by atoms with van der Waals surface area (Å²) in [6.45, 7) is 6.73. The largest absolute Gasteiger partial charge is 0.444 e. The second-order valence-electron chi connectivity index (χ2n) is 8.22. The van der Waals surface area contributed by atoms with E-state index in [0.717, 1.165) is 19.4 Å². The van der Waals surface area contributed by atoms with Crippen LogP contribution in [0.2, 0.25) is 0 Å². The van der Waals surface area contributed by atoms with E-state index in [1.54, 1.807) is 0 Å². The number of carbonyl (C=O) groups is 1. The maximum absolute atomic E-state index is 11.7. The number of alkyl carbamates (subject to hydrolysis) is 1. The monoisotopic (exact) mass is 311 g/mol. The molecule has 0 heterocycles. The van der Waals surface area contributed by atoms with Crippen molar-refractivity contribution >= 4 is 6.09 Å². The predicted octanol–water partition coefficient (Wildman–Crippen LogP) is 2.51. The van der Waals surface area contributed by atoms with Crippen LogP contribution in [-0.4, -0.2) is 54.9 Å².